The average Bonchev–Trinajstić information content (AvgIpc) is 1.56. The first-order chi connectivity index (χ1) is 64.5. The van der Waals surface area contributed by atoms with Gasteiger partial charge in [0.05, 0.1) is 38.8 Å². The van der Waals surface area contributed by atoms with Crippen LogP contribution >= 0.6 is 34.0 Å². The van der Waals surface area contributed by atoms with Gasteiger partial charge in [0.15, 0.2) is 0 Å². The molecule has 6 heteroatoms. The summed E-state index contributed by atoms with van der Waals surface area (Å²) in [6, 6.07) is 159. The van der Waals surface area contributed by atoms with Gasteiger partial charge in [0.2, 0.25) is 0 Å². The Morgan fingerprint density at radius 2 is 0.438 bits per heavy atom. The van der Waals surface area contributed by atoms with Gasteiger partial charge >= 0.3 is 0 Å². The quantitative estimate of drug-likeness (QED) is 0.158. The second kappa shape index (κ2) is 27.7. The SMILES string of the molecule is c1cc(-c2ccc3c4c(cccc24)-c2ccccc2-3)cc(-n2c3ccccc3c3c4sc5ccccc5c4ccc32)c1.c1ccc2c(c1)-c1cccc3c(-c4ccc(-n5c6ccccc6c6c7sc8ccccc8c7ccc65)c5ccccc45)ccc-2c13.c1ccc2c(c1)-c1cccc3c(-c4ccc(-n5c6ccccc6c6c7sc8ccccc8c7ccc65)cc4)ccc-2c13. The van der Waals surface area contributed by atoms with Crippen molar-refractivity contribution in [2.75, 3.05) is 0 Å². The second-order valence-electron chi connectivity index (χ2n) is 34.9. The van der Waals surface area contributed by atoms with Crippen LogP contribution in [0.2, 0.25) is 0 Å². The maximum atomic E-state index is 2.49. The minimum Gasteiger partial charge on any atom is -0.309 e. The van der Waals surface area contributed by atoms with E-state index in [2.05, 4.69) is 444 Å². The molecule has 3 aliphatic carbocycles. The first kappa shape index (κ1) is 72.1. The predicted octanol–water partition coefficient (Wildman–Crippen LogP) is 36.0. The van der Waals surface area contributed by atoms with E-state index < -0.39 is 0 Å². The van der Waals surface area contributed by atoms with E-state index in [1.165, 1.54) is 286 Å². The number of hydrogen-bond donors (Lipinski definition) is 0. The van der Waals surface area contributed by atoms with E-state index in [1.54, 1.807) is 0 Å². The molecule has 0 radical (unpaired) electrons. The summed E-state index contributed by atoms with van der Waals surface area (Å²) in [6.45, 7) is 0. The van der Waals surface area contributed by atoms with E-state index in [0.717, 1.165) is 0 Å². The fourth-order valence-corrected chi connectivity index (χ4v) is 26.8. The lowest BCUT2D eigenvalue weighted by Gasteiger charge is -2.16. The highest BCUT2D eigenvalue weighted by Crippen LogP contribution is 2.56. The number of para-hydroxylation sites is 3. The molecule has 31 rings (SSSR count). The predicted molar refractivity (Wildman–Crippen MR) is 561 cm³/mol. The van der Waals surface area contributed by atoms with Gasteiger partial charge in [-0.3, -0.25) is 0 Å². The van der Waals surface area contributed by atoms with E-state index in [9.17, 15) is 0 Å². The van der Waals surface area contributed by atoms with Gasteiger partial charge in [-0.05, 0) is 223 Å². The second-order valence-corrected chi connectivity index (χ2v) is 38.1. The number of aromatic nitrogens is 3. The van der Waals surface area contributed by atoms with Gasteiger partial charge in [-0.15, -0.1) is 34.0 Å². The van der Waals surface area contributed by atoms with E-state index in [4.69, 9.17) is 0 Å². The first-order valence-corrected chi connectivity index (χ1v) is 47.2. The summed E-state index contributed by atoms with van der Waals surface area (Å²) in [5, 5.41) is 26.6. The first-order valence-electron chi connectivity index (χ1n) is 44.8. The zero-order chi connectivity index (χ0) is 84.7. The summed E-state index contributed by atoms with van der Waals surface area (Å²) < 4.78 is 15.5. The van der Waals surface area contributed by atoms with Crippen molar-refractivity contribution in [2.24, 2.45) is 0 Å². The van der Waals surface area contributed by atoms with E-state index in [1.807, 2.05) is 34.0 Å². The summed E-state index contributed by atoms with van der Waals surface area (Å²) in [5.41, 5.74) is 34.7. The Kier molecular flexibility index (Phi) is 15.4. The van der Waals surface area contributed by atoms with E-state index >= 15 is 0 Å². The highest BCUT2D eigenvalue weighted by Gasteiger charge is 2.29. The molecule has 0 spiro atoms. The van der Waals surface area contributed by atoms with Crippen LogP contribution in [0.5, 0.6) is 0 Å². The molecule has 0 atom stereocenters. The molecule has 130 heavy (non-hydrogen) atoms. The Labute approximate surface area is 758 Å². The Hall–Kier alpha value is -16.1. The molecule has 6 aromatic heterocycles. The van der Waals surface area contributed by atoms with Crippen LogP contribution in [0.1, 0.15) is 0 Å². The third kappa shape index (κ3) is 10.2. The molecule has 600 valence electrons. The van der Waals surface area contributed by atoms with Crippen molar-refractivity contribution in [1.29, 1.82) is 0 Å². The van der Waals surface area contributed by atoms with Gasteiger partial charge < -0.3 is 13.7 Å². The van der Waals surface area contributed by atoms with Gasteiger partial charge in [0, 0.05) is 110 Å². The Morgan fingerprint density at radius 3 is 0.885 bits per heavy atom. The molecule has 0 N–H and O–H groups in total. The summed E-state index contributed by atoms with van der Waals surface area (Å²) in [7, 11) is 0. The number of thiophene rings is 3. The molecular weight excluding hydrogens is 1630 g/mol. The molecule has 3 aliphatic rings. The lowest BCUT2D eigenvalue weighted by Crippen LogP contribution is -1.96. The van der Waals surface area contributed by atoms with E-state index in [-0.39, 0.29) is 0 Å². The largest absolute Gasteiger partial charge is 0.309 e. The zero-order valence-corrected chi connectivity index (χ0v) is 72.5. The van der Waals surface area contributed by atoms with Crippen molar-refractivity contribution in [3.63, 3.8) is 0 Å². The van der Waals surface area contributed by atoms with Crippen LogP contribution in [0.25, 0.3) is 286 Å². The average molecular weight is 1700 g/mol. The Morgan fingerprint density at radius 1 is 0.138 bits per heavy atom. The lowest BCUT2D eigenvalue weighted by molar-refractivity contribution is 1.18. The number of benzene rings is 22. The van der Waals surface area contributed by atoms with Crippen LogP contribution in [-0.2, 0) is 0 Å². The fourth-order valence-electron chi connectivity index (χ4n) is 23.0. The number of fused-ring (bicyclic) bond motifs is 31. The zero-order valence-electron chi connectivity index (χ0n) is 70.1. The van der Waals surface area contributed by atoms with Crippen molar-refractivity contribution < 1.29 is 0 Å². The van der Waals surface area contributed by atoms with Crippen molar-refractivity contribution in [1.82, 2.24) is 13.7 Å². The summed E-state index contributed by atoms with van der Waals surface area (Å²) in [5.74, 6) is 0. The summed E-state index contributed by atoms with van der Waals surface area (Å²) in [4.78, 5) is 0. The maximum absolute atomic E-state index is 2.49. The molecule has 0 amide bonds. The molecule has 22 aromatic carbocycles. The standard InChI is InChI=1S/C44H25NS.2C40H23NS/c1-2-12-28-27(11-1)33-16-9-17-34-30(20-21-35(28)42(33)34)29-22-24-39(31-13-4-3-10-26(29)31)45-38-18-7-5-15-37(38)43-40(45)25-23-36-32-14-6-8-19-41(32)46-44(36)43;1-2-12-28-27(11-1)31-16-8-15-30-26(19-20-32(28)38(30)31)24-9-7-10-25(23-24)41-35-17-5-3-14-34(35)39-36(41)22-21-33-29-13-4-6-18-37(29)42-40(33)39;1-2-9-28-27(8-1)31-13-7-12-30-26(20-21-32(28)38(30)31)24-16-18-25(19-17-24)41-35-14-5-3-11-34(35)39-36(41)23-22-33-29-10-4-6-15-37(29)42-40(33)39/h1-25H;2*1-23H. The lowest BCUT2D eigenvalue weighted by atomic mass is 9.91. The van der Waals surface area contributed by atoms with Crippen molar-refractivity contribution in [3.05, 3.63) is 431 Å². The Balaban J connectivity index is 0.0000000962. The van der Waals surface area contributed by atoms with Crippen molar-refractivity contribution in [2.45, 2.75) is 0 Å². The van der Waals surface area contributed by atoms with E-state index in [0.29, 0.717) is 0 Å². The molecule has 0 fully saturated rings. The fraction of sp³-hybridized carbons (Fsp3) is 0. The summed E-state index contributed by atoms with van der Waals surface area (Å²) in [6.07, 6.45) is 0. The molecule has 0 saturated heterocycles. The molecule has 3 nitrogen and oxygen atoms in total. The normalized spacial score (nSPS) is 12.3. The molecule has 0 saturated carbocycles. The number of hydrogen-bond acceptors (Lipinski definition) is 3. The van der Waals surface area contributed by atoms with Crippen molar-refractivity contribution in [3.8, 4) is 117 Å². The smallest absolute Gasteiger partial charge is 0.0556 e. The van der Waals surface area contributed by atoms with Crippen LogP contribution in [0, 0.1) is 0 Å². The molecule has 6 heterocycles. The minimum atomic E-state index is 1.18. The monoisotopic (exact) mass is 1700 g/mol. The van der Waals surface area contributed by atoms with Crippen LogP contribution < -0.4 is 0 Å². The summed E-state index contributed by atoms with van der Waals surface area (Å²) >= 11 is 5.72. The van der Waals surface area contributed by atoms with Crippen LogP contribution in [-0.4, -0.2) is 13.7 Å². The molecule has 0 unspecified atom stereocenters. The molecule has 28 aromatic rings. The minimum absolute atomic E-state index is 1.18. The third-order valence-corrected chi connectivity index (χ3v) is 32.1. The van der Waals surface area contributed by atoms with Crippen LogP contribution in [0.3, 0.4) is 0 Å². The van der Waals surface area contributed by atoms with Gasteiger partial charge in [0.25, 0.3) is 0 Å². The van der Waals surface area contributed by atoms with Crippen LogP contribution in [0.4, 0.5) is 0 Å². The van der Waals surface area contributed by atoms with Gasteiger partial charge in [-0.1, -0.05) is 346 Å². The molecular formula is C124H71N3S3. The van der Waals surface area contributed by atoms with Gasteiger partial charge in [-0.25, -0.2) is 0 Å². The third-order valence-electron chi connectivity index (χ3n) is 28.5. The Bertz CT molecular complexity index is 9750. The maximum Gasteiger partial charge on any atom is 0.0556 e. The topological polar surface area (TPSA) is 14.8 Å². The number of rotatable bonds is 6. The van der Waals surface area contributed by atoms with Gasteiger partial charge in [-0.2, -0.15) is 0 Å². The van der Waals surface area contributed by atoms with Crippen LogP contribution in [0.15, 0.2) is 431 Å². The highest BCUT2D eigenvalue weighted by molar-refractivity contribution is 7.27. The molecule has 0 aliphatic heterocycles. The van der Waals surface area contributed by atoms with Crippen molar-refractivity contribution >= 4 is 203 Å². The molecule has 0 bridgehead atoms. The number of nitrogens with zero attached hydrogens (tertiary/aromatic N) is 3. The van der Waals surface area contributed by atoms with Gasteiger partial charge in [0.1, 0.15) is 0 Å². The highest BCUT2D eigenvalue weighted by atomic mass is 32.1.